The molecule has 1 aliphatic rings. The molecule has 0 saturated carbocycles. The van der Waals surface area contributed by atoms with Gasteiger partial charge in [0, 0.05) is 22.2 Å². The first-order valence-corrected chi connectivity index (χ1v) is 30.0. The maximum Gasteiger partial charge on any atom is 0.488 e. The summed E-state index contributed by atoms with van der Waals surface area (Å²) in [4.78, 5) is 0. The minimum atomic E-state index is -1.39. The Kier molecular flexibility index (Phi) is 15.3. The highest BCUT2D eigenvalue weighted by Gasteiger charge is 2.20. The monoisotopic (exact) mass is 1120 g/mol. The van der Waals surface area contributed by atoms with E-state index >= 15 is 0 Å². The highest BCUT2D eigenvalue weighted by atomic mass is 16.4. The van der Waals surface area contributed by atoms with Gasteiger partial charge < -0.3 is 10.0 Å². The topological polar surface area (TPSA) is 40.5 Å². The molecule has 0 saturated heterocycles. The van der Waals surface area contributed by atoms with E-state index in [1.54, 1.807) is 12.1 Å². The van der Waals surface area contributed by atoms with Crippen molar-refractivity contribution >= 4 is 78.6 Å². The van der Waals surface area contributed by atoms with Crippen molar-refractivity contribution in [2.75, 3.05) is 0 Å². The van der Waals surface area contributed by atoms with Crippen LogP contribution in [0.4, 0.5) is 0 Å². The molecule has 0 spiro atoms. The van der Waals surface area contributed by atoms with E-state index in [-0.39, 0.29) is 0 Å². The summed E-state index contributed by atoms with van der Waals surface area (Å²) in [7, 11) is -1.39. The molecule has 15 aromatic carbocycles. The zero-order chi connectivity index (χ0) is 59.3. The van der Waals surface area contributed by atoms with E-state index in [0.717, 1.165) is 11.1 Å². The lowest BCUT2D eigenvalue weighted by molar-refractivity contribution is 0.426. The number of fused-ring (bicyclic) bond motifs is 12. The van der Waals surface area contributed by atoms with E-state index in [9.17, 15) is 0 Å². The summed E-state index contributed by atoms with van der Waals surface area (Å²) in [5, 5.41) is 30.9. The van der Waals surface area contributed by atoms with Crippen LogP contribution in [0.3, 0.4) is 0 Å². The minimum absolute atomic E-state index is 0.509. The van der Waals surface area contributed by atoms with Gasteiger partial charge in [0.05, 0.1) is 6.08 Å². The van der Waals surface area contributed by atoms with Gasteiger partial charge in [-0.3, -0.25) is 0 Å². The average Bonchev–Trinajstić information content (AvgIpc) is 1.12. The van der Waals surface area contributed by atoms with Crippen LogP contribution in [0.15, 0.2) is 322 Å². The molecule has 414 valence electrons. The standard InChI is InChI=1S/C42H28.C31H21.C12H11BO2/c1-2-10-29(11-3-1)30-20-22-31(23-21-30)32-12-8-13-33(26-32)34-14-9-15-35(27-34)36-24-25-41-39-18-5-4-16-37(39)38-17-6-7-19-40(38)42(41)28-36;1-21-8-6-9-22(18-21)23-10-7-11-24(19-23)25-16-17-30-28-14-3-2-12-26(28)27-13-4-5-15-29(27)31(30)20-25;14-13(15)12-8-6-11(7-9-12)10-4-2-1-3-5-10/h1-28H;3-20H,1H3;1-9,14-15H/q;+1;. The van der Waals surface area contributed by atoms with Crippen molar-refractivity contribution in [1.29, 1.82) is 0 Å². The molecule has 88 heavy (non-hydrogen) atoms. The molecule has 0 amide bonds. The molecule has 0 aliphatic heterocycles. The highest BCUT2D eigenvalue weighted by molar-refractivity contribution is 6.58. The van der Waals surface area contributed by atoms with Gasteiger partial charge in [-0.25, -0.2) is 0 Å². The Morgan fingerprint density at radius 2 is 0.534 bits per heavy atom. The quantitative estimate of drug-likeness (QED) is 0.0904. The van der Waals surface area contributed by atoms with Gasteiger partial charge in [0.15, 0.2) is 0 Å². The second-order valence-corrected chi connectivity index (χ2v) is 22.5. The van der Waals surface area contributed by atoms with Crippen molar-refractivity contribution in [3.8, 4) is 77.9 Å². The summed E-state index contributed by atoms with van der Waals surface area (Å²) in [6, 6.07) is 112. The van der Waals surface area contributed by atoms with Gasteiger partial charge in [0.1, 0.15) is 23.3 Å². The van der Waals surface area contributed by atoms with E-state index in [0.29, 0.717) is 5.46 Å². The van der Waals surface area contributed by atoms with Crippen LogP contribution in [0.25, 0.3) is 144 Å². The lowest BCUT2D eigenvalue weighted by Gasteiger charge is -2.13. The molecule has 2 N–H and O–H groups in total. The summed E-state index contributed by atoms with van der Waals surface area (Å²) in [5.74, 6) is 0. The second kappa shape index (κ2) is 24.5. The summed E-state index contributed by atoms with van der Waals surface area (Å²) in [6.45, 7) is 2.14. The fourth-order valence-corrected chi connectivity index (χ4v) is 12.5. The fraction of sp³-hybridized carbons (Fsp3) is 0.0118. The lowest BCUT2D eigenvalue weighted by Crippen LogP contribution is -2.29. The first-order chi connectivity index (χ1) is 43.4. The van der Waals surface area contributed by atoms with Gasteiger partial charge >= 0.3 is 7.12 Å². The Hall–Kier alpha value is -11.0. The maximum atomic E-state index is 8.94. The normalized spacial score (nSPS) is 11.4. The lowest BCUT2D eigenvalue weighted by atomic mass is 9.80. The van der Waals surface area contributed by atoms with Gasteiger partial charge in [0.25, 0.3) is 0 Å². The van der Waals surface area contributed by atoms with Crippen molar-refractivity contribution in [2.24, 2.45) is 0 Å². The van der Waals surface area contributed by atoms with Crippen molar-refractivity contribution in [3.05, 3.63) is 344 Å². The molecule has 0 atom stereocenters. The summed E-state index contributed by atoms with van der Waals surface area (Å²) in [5.41, 5.74) is 21.4. The van der Waals surface area contributed by atoms with Gasteiger partial charge in [0.2, 0.25) is 0 Å². The number of hydrogen-bond acceptors (Lipinski definition) is 2. The van der Waals surface area contributed by atoms with Crippen LogP contribution in [-0.4, -0.2) is 17.2 Å². The smallest absolute Gasteiger partial charge is 0.423 e. The average molecular weight is 1120 g/mol. The van der Waals surface area contributed by atoms with E-state index in [2.05, 4.69) is 286 Å². The van der Waals surface area contributed by atoms with Crippen LogP contribution in [0.5, 0.6) is 0 Å². The molecule has 15 aromatic rings. The van der Waals surface area contributed by atoms with E-state index in [1.807, 2.05) is 48.5 Å². The minimum Gasteiger partial charge on any atom is -0.423 e. The molecule has 0 aromatic heterocycles. The first-order valence-electron chi connectivity index (χ1n) is 30.0. The molecule has 0 bridgehead atoms. The Bertz CT molecular complexity index is 5070. The van der Waals surface area contributed by atoms with Crippen molar-refractivity contribution < 1.29 is 10.0 Å². The number of rotatable bonds is 8. The van der Waals surface area contributed by atoms with Crippen LogP contribution in [0.1, 0.15) is 16.7 Å². The molecule has 3 heteroatoms. The second-order valence-electron chi connectivity index (χ2n) is 22.5. The van der Waals surface area contributed by atoms with Crippen molar-refractivity contribution in [1.82, 2.24) is 0 Å². The van der Waals surface area contributed by atoms with E-state index in [4.69, 9.17) is 10.0 Å². The van der Waals surface area contributed by atoms with Crippen LogP contribution in [0, 0.1) is 13.0 Å². The predicted molar refractivity (Wildman–Crippen MR) is 376 cm³/mol. The largest absolute Gasteiger partial charge is 0.488 e. The Balaban J connectivity index is 0.000000129. The molecular weight excluding hydrogens is 1060 g/mol. The third-order valence-corrected chi connectivity index (χ3v) is 17.0. The molecule has 0 unspecified atom stereocenters. The van der Waals surface area contributed by atoms with Crippen molar-refractivity contribution in [2.45, 2.75) is 6.92 Å². The number of hydrogen-bond donors (Lipinski definition) is 2. The molecule has 0 heterocycles. The molecule has 2 nitrogen and oxygen atoms in total. The third-order valence-electron chi connectivity index (χ3n) is 17.0. The third kappa shape index (κ3) is 11.2. The molecule has 1 aliphatic carbocycles. The number of allylic oxidation sites excluding steroid dienone is 2. The predicted octanol–water partition coefficient (Wildman–Crippen LogP) is 21.3. The Morgan fingerprint density at radius 1 is 0.239 bits per heavy atom. The van der Waals surface area contributed by atoms with Crippen LogP contribution >= 0.6 is 0 Å². The SMILES string of the molecule is Cc1cccc(-c2cccc(-c3ccc4c5c(c6ccccc6c4c3)C=[C+]C=C5)c2)c1.OB(O)c1ccc(-c2ccccc2)cc1.c1ccc(-c2ccc(-c3cccc(-c4cccc(-c5ccc6c7ccccc7c7ccccc7c6c5)c4)c3)cc2)cc1. The Labute approximate surface area is 514 Å². The van der Waals surface area contributed by atoms with Crippen LogP contribution in [-0.2, 0) is 0 Å². The summed E-state index contributed by atoms with van der Waals surface area (Å²) >= 11 is 0. The zero-order valence-electron chi connectivity index (χ0n) is 48.7. The number of aryl methyl sites for hydroxylation is 1. The van der Waals surface area contributed by atoms with E-state index < -0.39 is 7.12 Å². The van der Waals surface area contributed by atoms with Gasteiger partial charge in [-0.05, 0) is 164 Å². The Morgan fingerprint density at radius 3 is 1.00 bits per heavy atom. The molecule has 0 fully saturated rings. The molecular formula is C85H60BO2+. The number of benzene rings is 15. The first kappa shape index (κ1) is 54.9. The highest BCUT2D eigenvalue weighted by Crippen LogP contribution is 2.41. The summed E-state index contributed by atoms with van der Waals surface area (Å²) in [6.07, 6.45) is 9.56. The van der Waals surface area contributed by atoms with E-state index in [1.165, 1.54) is 137 Å². The van der Waals surface area contributed by atoms with Gasteiger partial charge in [-0.15, -0.1) is 0 Å². The van der Waals surface area contributed by atoms with Crippen LogP contribution in [0.2, 0.25) is 0 Å². The van der Waals surface area contributed by atoms with Gasteiger partial charge in [-0.1, -0.05) is 285 Å². The maximum absolute atomic E-state index is 8.94. The van der Waals surface area contributed by atoms with Crippen molar-refractivity contribution in [3.63, 3.8) is 0 Å². The molecule has 16 rings (SSSR count). The summed E-state index contributed by atoms with van der Waals surface area (Å²) < 4.78 is 0. The molecule has 0 radical (unpaired) electrons. The van der Waals surface area contributed by atoms with Crippen LogP contribution < -0.4 is 5.46 Å². The fourth-order valence-electron chi connectivity index (χ4n) is 12.5. The zero-order valence-corrected chi connectivity index (χ0v) is 48.7. The van der Waals surface area contributed by atoms with Gasteiger partial charge in [-0.2, -0.15) is 0 Å².